The molecule has 1 heterocycles. The van der Waals surface area contributed by atoms with Crippen molar-refractivity contribution in [1.29, 1.82) is 0 Å². The molecular weight excluding hydrogens is 270 g/mol. The first-order chi connectivity index (χ1) is 10.7. The van der Waals surface area contributed by atoms with E-state index in [1.54, 1.807) is 0 Å². The Morgan fingerprint density at radius 2 is 2.05 bits per heavy atom. The largest absolute Gasteiger partial charge is 0.361 e. The molecule has 0 saturated heterocycles. The SMILES string of the molecule is Cc1cccc(/C=C/CC(=O)Cc2ccc3[nH]ccc3c2)c1. The van der Waals surface area contributed by atoms with E-state index in [4.69, 9.17) is 0 Å². The van der Waals surface area contributed by atoms with Crippen LogP contribution in [0.1, 0.15) is 23.1 Å². The predicted octanol–water partition coefficient (Wildman–Crippen LogP) is 4.69. The maximum Gasteiger partial charge on any atom is 0.141 e. The van der Waals surface area contributed by atoms with Gasteiger partial charge in [-0.05, 0) is 41.6 Å². The molecule has 3 rings (SSSR count). The molecule has 2 aromatic carbocycles. The Morgan fingerprint density at radius 1 is 1.14 bits per heavy atom. The fourth-order valence-electron chi connectivity index (χ4n) is 2.61. The highest BCUT2D eigenvalue weighted by Crippen LogP contribution is 2.15. The number of aryl methyl sites for hydroxylation is 1. The average Bonchev–Trinajstić information content (AvgIpc) is 2.95. The second-order valence-corrected chi connectivity index (χ2v) is 5.64. The first kappa shape index (κ1) is 14.3. The van der Waals surface area contributed by atoms with Gasteiger partial charge in [0.25, 0.3) is 0 Å². The van der Waals surface area contributed by atoms with Crippen LogP contribution in [0.2, 0.25) is 0 Å². The van der Waals surface area contributed by atoms with Gasteiger partial charge in [0.1, 0.15) is 5.78 Å². The number of allylic oxidation sites excluding steroid dienone is 1. The molecule has 0 saturated carbocycles. The van der Waals surface area contributed by atoms with Crippen LogP contribution in [0.4, 0.5) is 0 Å². The molecule has 0 unspecified atom stereocenters. The van der Waals surface area contributed by atoms with Gasteiger partial charge in [0.15, 0.2) is 0 Å². The Bertz CT molecular complexity index is 826. The molecule has 110 valence electrons. The summed E-state index contributed by atoms with van der Waals surface area (Å²) in [4.78, 5) is 15.2. The lowest BCUT2D eigenvalue weighted by Crippen LogP contribution is -2.00. The number of ketones is 1. The van der Waals surface area contributed by atoms with Crippen molar-refractivity contribution in [3.8, 4) is 0 Å². The molecule has 0 bridgehead atoms. The Kier molecular flexibility index (Phi) is 4.19. The number of fused-ring (bicyclic) bond motifs is 1. The Balaban J connectivity index is 1.60. The van der Waals surface area contributed by atoms with Crippen LogP contribution in [-0.4, -0.2) is 10.8 Å². The third-order valence-corrected chi connectivity index (χ3v) is 3.72. The summed E-state index contributed by atoms with van der Waals surface area (Å²) in [5.74, 6) is 0.235. The molecule has 2 nitrogen and oxygen atoms in total. The van der Waals surface area contributed by atoms with Crippen molar-refractivity contribution >= 4 is 22.8 Å². The van der Waals surface area contributed by atoms with E-state index in [2.05, 4.69) is 30.1 Å². The number of hydrogen-bond donors (Lipinski definition) is 1. The average molecular weight is 289 g/mol. The predicted molar refractivity (Wildman–Crippen MR) is 91.8 cm³/mol. The molecule has 0 amide bonds. The summed E-state index contributed by atoms with van der Waals surface area (Å²) in [6.45, 7) is 2.07. The van der Waals surface area contributed by atoms with Crippen molar-refractivity contribution < 1.29 is 4.79 Å². The molecule has 1 aromatic heterocycles. The summed E-state index contributed by atoms with van der Waals surface area (Å²) in [5, 5.41) is 1.15. The van der Waals surface area contributed by atoms with Crippen LogP contribution in [0.3, 0.4) is 0 Å². The van der Waals surface area contributed by atoms with Crippen molar-refractivity contribution in [2.24, 2.45) is 0 Å². The third-order valence-electron chi connectivity index (χ3n) is 3.72. The Morgan fingerprint density at radius 3 is 2.91 bits per heavy atom. The van der Waals surface area contributed by atoms with Crippen LogP contribution < -0.4 is 0 Å². The fourth-order valence-corrected chi connectivity index (χ4v) is 2.61. The lowest BCUT2D eigenvalue weighted by Gasteiger charge is -2.00. The van der Waals surface area contributed by atoms with Gasteiger partial charge in [0, 0.05) is 24.6 Å². The van der Waals surface area contributed by atoms with Gasteiger partial charge in [-0.15, -0.1) is 0 Å². The number of Topliss-reactive ketones (excluding diaryl/α,β-unsaturated/α-hetero) is 1. The normalized spacial score (nSPS) is 11.3. The molecule has 22 heavy (non-hydrogen) atoms. The van der Waals surface area contributed by atoms with E-state index in [1.807, 2.05) is 48.7 Å². The van der Waals surface area contributed by atoms with Gasteiger partial charge in [0.2, 0.25) is 0 Å². The van der Waals surface area contributed by atoms with E-state index in [9.17, 15) is 4.79 Å². The number of carbonyl (C=O) groups excluding carboxylic acids is 1. The monoisotopic (exact) mass is 289 g/mol. The molecule has 0 aliphatic heterocycles. The van der Waals surface area contributed by atoms with Crippen molar-refractivity contribution in [2.45, 2.75) is 19.8 Å². The van der Waals surface area contributed by atoms with E-state index < -0.39 is 0 Å². The van der Waals surface area contributed by atoms with Gasteiger partial charge in [-0.2, -0.15) is 0 Å². The van der Waals surface area contributed by atoms with Gasteiger partial charge in [-0.1, -0.05) is 48.0 Å². The van der Waals surface area contributed by atoms with Gasteiger partial charge >= 0.3 is 0 Å². The number of hydrogen-bond acceptors (Lipinski definition) is 1. The van der Waals surface area contributed by atoms with Crippen LogP contribution in [0.15, 0.2) is 60.8 Å². The number of carbonyl (C=O) groups is 1. The second-order valence-electron chi connectivity index (χ2n) is 5.64. The first-order valence-corrected chi connectivity index (χ1v) is 7.52. The summed E-state index contributed by atoms with van der Waals surface area (Å²) in [6, 6.07) is 16.4. The Labute approximate surface area is 130 Å². The fraction of sp³-hybridized carbons (Fsp3) is 0.150. The standard InChI is InChI=1S/C20H19NO/c1-15-4-2-5-16(12-15)6-3-7-19(22)14-17-8-9-20-18(13-17)10-11-21-20/h2-6,8-13,21H,7,14H2,1H3/b6-3+. The molecule has 0 fully saturated rings. The Hall–Kier alpha value is -2.61. The smallest absolute Gasteiger partial charge is 0.141 e. The molecule has 0 spiro atoms. The van der Waals surface area contributed by atoms with Crippen LogP contribution in [0.5, 0.6) is 0 Å². The van der Waals surface area contributed by atoms with Crippen molar-refractivity contribution in [3.63, 3.8) is 0 Å². The highest BCUT2D eigenvalue weighted by molar-refractivity contribution is 5.85. The molecule has 0 aliphatic carbocycles. The lowest BCUT2D eigenvalue weighted by atomic mass is 10.0. The molecule has 1 N–H and O–H groups in total. The maximum absolute atomic E-state index is 12.1. The summed E-state index contributed by atoms with van der Waals surface area (Å²) >= 11 is 0. The topological polar surface area (TPSA) is 32.9 Å². The number of nitrogens with one attached hydrogen (secondary N) is 1. The summed E-state index contributed by atoms with van der Waals surface area (Å²) in [6.07, 6.45) is 6.84. The zero-order valence-electron chi connectivity index (χ0n) is 12.7. The molecule has 0 atom stereocenters. The van der Waals surface area contributed by atoms with Crippen LogP contribution >= 0.6 is 0 Å². The molecule has 0 aliphatic rings. The van der Waals surface area contributed by atoms with Gasteiger partial charge in [-0.25, -0.2) is 0 Å². The van der Waals surface area contributed by atoms with Gasteiger partial charge in [0.05, 0.1) is 0 Å². The van der Waals surface area contributed by atoms with Crippen LogP contribution in [0, 0.1) is 6.92 Å². The summed E-state index contributed by atoms with van der Waals surface area (Å²) in [5.41, 5.74) is 4.55. The molecular formula is C20H19NO. The van der Waals surface area contributed by atoms with E-state index in [0.29, 0.717) is 12.8 Å². The quantitative estimate of drug-likeness (QED) is 0.726. The summed E-state index contributed by atoms with van der Waals surface area (Å²) in [7, 11) is 0. The third kappa shape index (κ3) is 3.53. The number of aromatic nitrogens is 1. The van der Waals surface area contributed by atoms with Crippen LogP contribution in [-0.2, 0) is 11.2 Å². The highest BCUT2D eigenvalue weighted by atomic mass is 16.1. The highest BCUT2D eigenvalue weighted by Gasteiger charge is 2.03. The number of aromatic amines is 1. The lowest BCUT2D eigenvalue weighted by molar-refractivity contribution is -0.117. The zero-order valence-corrected chi connectivity index (χ0v) is 12.7. The van der Waals surface area contributed by atoms with Crippen LogP contribution in [0.25, 0.3) is 17.0 Å². The number of rotatable bonds is 5. The summed E-state index contributed by atoms with van der Waals surface area (Å²) < 4.78 is 0. The van der Waals surface area contributed by atoms with E-state index >= 15 is 0 Å². The molecule has 0 radical (unpaired) electrons. The zero-order chi connectivity index (χ0) is 15.4. The minimum atomic E-state index is 0.235. The van der Waals surface area contributed by atoms with Gasteiger partial charge < -0.3 is 4.98 Å². The van der Waals surface area contributed by atoms with Crippen molar-refractivity contribution in [1.82, 2.24) is 4.98 Å². The molecule has 3 aromatic rings. The number of benzene rings is 2. The minimum absolute atomic E-state index is 0.235. The minimum Gasteiger partial charge on any atom is -0.361 e. The van der Waals surface area contributed by atoms with Crippen molar-refractivity contribution in [2.75, 3.05) is 0 Å². The second kappa shape index (κ2) is 6.44. The van der Waals surface area contributed by atoms with Crippen molar-refractivity contribution in [3.05, 3.63) is 77.5 Å². The maximum atomic E-state index is 12.1. The van der Waals surface area contributed by atoms with E-state index in [1.165, 1.54) is 5.56 Å². The molecule has 2 heteroatoms. The number of H-pyrrole nitrogens is 1. The van der Waals surface area contributed by atoms with E-state index in [-0.39, 0.29) is 5.78 Å². The van der Waals surface area contributed by atoms with E-state index in [0.717, 1.165) is 22.0 Å². The first-order valence-electron chi connectivity index (χ1n) is 7.52. The van der Waals surface area contributed by atoms with Gasteiger partial charge in [-0.3, -0.25) is 4.79 Å².